The molecule has 0 aliphatic heterocycles. The molecule has 0 spiro atoms. The summed E-state index contributed by atoms with van der Waals surface area (Å²) in [4.78, 5) is 24.4. The number of carbonyl (C=O) groups excluding carboxylic acids is 2. The van der Waals surface area contributed by atoms with E-state index in [-0.39, 0.29) is 25.0 Å². The second-order valence-electron chi connectivity index (χ2n) is 5.98. The number of ether oxygens (including phenoxy) is 2. The van der Waals surface area contributed by atoms with E-state index in [4.69, 9.17) is 18.5 Å². The summed E-state index contributed by atoms with van der Waals surface area (Å²) in [5, 5.41) is 0. The quantitative estimate of drug-likeness (QED) is 0.323. The molecule has 0 aliphatic rings. The smallest absolute Gasteiger partial charge is 0.336 e. The van der Waals surface area contributed by atoms with E-state index in [1.807, 2.05) is 27.7 Å². The van der Waals surface area contributed by atoms with Crippen LogP contribution in [0.3, 0.4) is 0 Å². The van der Waals surface area contributed by atoms with E-state index in [0.29, 0.717) is 25.7 Å². The fraction of sp³-hybridized carbons (Fsp3) is 0.889. The first-order chi connectivity index (χ1) is 12.4. The molecule has 0 N–H and O–H groups in total. The van der Waals surface area contributed by atoms with E-state index in [0.717, 1.165) is 0 Å². The van der Waals surface area contributed by atoms with Gasteiger partial charge in [-0.3, -0.25) is 13.6 Å². The Labute approximate surface area is 158 Å². The lowest BCUT2D eigenvalue weighted by atomic mass is 9.97. The molecule has 8 heteroatoms. The maximum absolute atomic E-state index is 12.5. The second-order valence-corrected chi connectivity index (χ2v) is 6.96. The van der Waals surface area contributed by atoms with Gasteiger partial charge < -0.3 is 9.47 Å². The molecule has 0 saturated carbocycles. The third-order valence-corrected chi connectivity index (χ3v) is 5.33. The fourth-order valence-corrected chi connectivity index (χ4v) is 3.84. The van der Waals surface area contributed by atoms with E-state index in [2.05, 4.69) is 0 Å². The van der Waals surface area contributed by atoms with Crippen LogP contribution in [0, 0.1) is 11.8 Å². The van der Waals surface area contributed by atoms with Crippen molar-refractivity contribution in [3.63, 3.8) is 0 Å². The second kappa shape index (κ2) is 14.2. The van der Waals surface area contributed by atoms with Crippen LogP contribution >= 0.6 is 8.25 Å². The molecule has 0 aliphatic carbocycles. The first-order valence-electron chi connectivity index (χ1n) is 9.60. The third-order valence-electron chi connectivity index (χ3n) is 4.44. The highest BCUT2D eigenvalue weighted by Crippen LogP contribution is 2.35. The molecule has 0 amide bonds. The van der Waals surface area contributed by atoms with Crippen LogP contribution in [-0.2, 0) is 32.7 Å². The minimum Gasteiger partial charge on any atom is -0.464 e. The molecule has 0 rings (SSSR count). The van der Waals surface area contributed by atoms with Crippen molar-refractivity contribution in [2.24, 2.45) is 11.8 Å². The highest BCUT2D eigenvalue weighted by molar-refractivity contribution is 7.33. The monoisotopic (exact) mass is 394 g/mol. The topological polar surface area (TPSA) is 88.1 Å². The average Bonchev–Trinajstić information content (AvgIpc) is 2.62. The van der Waals surface area contributed by atoms with Crippen LogP contribution in [0.1, 0.15) is 67.2 Å². The fourth-order valence-electron chi connectivity index (χ4n) is 2.79. The minimum absolute atomic E-state index is 0.138. The van der Waals surface area contributed by atoms with Crippen molar-refractivity contribution in [2.45, 2.75) is 79.4 Å². The predicted octanol–water partition coefficient (Wildman–Crippen LogP) is 4.15. The summed E-state index contributed by atoms with van der Waals surface area (Å²) in [5.74, 6) is -1.39. The summed E-state index contributed by atoms with van der Waals surface area (Å²) >= 11 is 0. The largest absolute Gasteiger partial charge is 0.464 e. The summed E-state index contributed by atoms with van der Waals surface area (Å²) in [6, 6.07) is 0. The van der Waals surface area contributed by atoms with Crippen LogP contribution in [0.5, 0.6) is 0 Å². The van der Waals surface area contributed by atoms with E-state index >= 15 is 0 Å². The summed E-state index contributed by atoms with van der Waals surface area (Å²) in [7, 11) is -3.09. The number of carbonyl (C=O) groups is 2. The van der Waals surface area contributed by atoms with Crippen molar-refractivity contribution in [1.29, 1.82) is 0 Å². The zero-order valence-electron chi connectivity index (χ0n) is 16.9. The van der Waals surface area contributed by atoms with E-state index in [1.54, 1.807) is 13.8 Å². The SMILES string of the molecule is CCOC(=O)C(O[PH](=O)OC(C(=O)OCC)C(CC)CC)C(CC)CC. The van der Waals surface area contributed by atoms with Gasteiger partial charge in [0, 0.05) is 0 Å². The first kappa shape index (κ1) is 25.1. The van der Waals surface area contributed by atoms with Crippen LogP contribution in [0.15, 0.2) is 0 Å². The van der Waals surface area contributed by atoms with Crippen LogP contribution in [-0.4, -0.2) is 37.4 Å². The maximum atomic E-state index is 12.5. The molecule has 0 aromatic heterocycles. The molecule has 0 aromatic carbocycles. The van der Waals surface area contributed by atoms with Crippen molar-refractivity contribution < 1.29 is 32.7 Å². The van der Waals surface area contributed by atoms with Gasteiger partial charge in [0.25, 0.3) is 0 Å². The van der Waals surface area contributed by atoms with Gasteiger partial charge in [0.1, 0.15) is 0 Å². The summed E-state index contributed by atoms with van der Waals surface area (Å²) in [5.41, 5.74) is 0. The van der Waals surface area contributed by atoms with Crippen LogP contribution in [0.2, 0.25) is 0 Å². The van der Waals surface area contributed by atoms with Gasteiger partial charge in [-0.25, -0.2) is 9.59 Å². The Morgan fingerprint density at radius 2 is 1.00 bits per heavy atom. The van der Waals surface area contributed by atoms with Gasteiger partial charge in [0.05, 0.1) is 13.2 Å². The number of rotatable bonds is 14. The predicted molar refractivity (Wildman–Crippen MR) is 100 cm³/mol. The number of hydrogen-bond donors (Lipinski definition) is 0. The summed E-state index contributed by atoms with van der Waals surface area (Å²) < 4.78 is 33.4. The minimum atomic E-state index is -3.09. The Bertz CT molecular complexity index is 395. The average molecular weight is 394 g/mol. The molecule has 0 fully saturated rings. The summed E-state index contributed by atoms with van der Waals surface area (Å²) in [6.07, 6.45) is 0.736. The van der Waals surface area contributed by atoms with Gasteiger partial charge in [-0.05, 0) is 25.7 Å². The van der Waals surface area contributed by atoms with Crippen LogP contribution in [0.4, 0.5) is 0 Å². The maximum Gasteiger partial charge on any atom is 0.336 e. The van der Waals surface area contributed by atoms with Gasteiger partial charge in [-0.1, -0.05) is 53.4 Å². The molecule has 0 saturated heterocycles. The highest BCUT2D eigenvalue weighted by atomic mass is 31.1. The molecule has 0 bridgehead atoms. The molecule has 0 aromatic rings. The lowest BCUT2D eigenvalue weighted by Crippen LogP contribution is -2.34. The van der Waals surface area contributed by atoms with E-state index < -0.39 is 32.4 Å². The van der Waals surface area contributed by atoms with Crippen molar-refractivity contribution >= 4 is 20.2 Å². The van der Waals surface area contributed by atoms with Gasteiger partial charge >= 0.3 is 20.2 Å². The van der Waals surface area contributed by atoms with E-state index in [9.17, 15) is 14.2 Å². The molecule has 2 unspecified atom stereocenters. The Balaban J connectivity index is 5.23. The van der Waals surface area contributed by atoms with Crippen molar-refractivity contribution in [3.05, 3.63) is 0 Å². The lowest BCUT2D eigenvalue weighted by molar-refractivity contribution is -0.156. The highest BCUT2D eigenvalue weighted by Gasteiger charge is 2.34. The normalized spacial score (nSPS) is 14.9. The molecule has 2 atom stereocenters. The van der Waals surface area contributed by atoms with Gasteiger partial charge in [-0.15, -0.1) is 0 Å². The Morgan fingerprint density at radius 3 is 1.23 bits per heavy atom. The Hall–Kier alpha value is -0.910. The Morgan fingerprint density at radius 1 is 0.692 bits per heavy atom. The standard InChI is InChI=1S/C18H35O7P/c1-7-13(8-2)15(17(19)22-11-5)24-26(21)25-16(14(9-3)10-4)18(20)23-12-6/h13-16,26H,7-12H2,1-6H3. The first-order valence-corrected chi connectivity index (χ1v) is 10.8. The van der Waals surface area contributed by atoms with Crippen molar-refractivity contribution in [3.8, 4) is 0 Å². The van der Waals surface area contributed by atoms with Gasteiger partial charge in [-0.2, -0.15) is 0 Å². The van der Waals surface area contributed by atoms with E-state index in [1.165, 1.54) is 0 Å². The number of esters is 2. The molecular weight excluding hydrogens is 359 g/mol. The zero-order chi connectivity index (χ0) is 20.1. The van der Waals surface area contributed by atoms with Crippen molar-refractivity contribution in [2.75, 3.05) is 13.2 Å². The summed E-state index contributed by atoms with van der Waals surface area (Å²) in [6.45, 7) is 11.5. The van der Waals surface area contributed by atoms with Crippen LogP contribution < -0.4 is 0 Å². The third kappa shape index (κ3) is 8.19. The lowest BCUT2D eigenvalue weighted by Gasteiger charge is -2.26. The Kier molecular flexibility index (Phi) is 13.7. The van der Waals surface area contributed by atoms with Gasteiger partial charge in [0.2, 0.25) is 0 Å². The van der Waals surface area contributed by atoms with Crippen LogP contribution in [0.25, 0.3) is 0 Å². The zero-order valence-corrected chi connectivity index (χ0v) is 17.9. The van der Waals surface area contributed by atoms with Gasteiger partial charge in [0.15, 0.2) is 12.2 Å². The number of hydrogen-bond acceptors (Lipinski definition) is 7. The molecular formula is C18H35O7P. The molecule has 0 heterocycles. The molecule has 7 nitrogen and oxygen atoms in total. The molecule has 154 valence electrons. The van der Waals surface area contributed by atoms with Crippen molar-refractivity contribution in [1.82, 2.24) is 0 Å². The molecule has 26 heavy (non-hydrogen) atoms. The molecule has 0 radical (unpaired) electrons.